The van der Waals surface area contributed by atoms with Crippen LogP contribution in [-0.4, -0.2) is 24.6 Å². The first-order chi connectivity index (χ1) is 9.50. The quantitative estimate of drug-likeness (QED) is 0.925. The third-order valence-corrected chi connectivity index (χ3v) is 3.23. The van der Waals surface area contributed by atoms with E-state index in [1.54, 1.807) is 0 Å². The average molecular weight is 290 g/mol. The maximum Gasteiger partial charge on any atom is 0.416 e. The molecule has 1 aromatic rings. The topological polar surface area (TPSA) is 38.7 Å². The summed E-state index contributed by atoms with van der Waals surface area (Å²) < 4.78 is 48.4. The van der Waals surface area contributed by atoms with Crippen LogP contribution in [0.1, 0.15) is 36.5 Å². The molecule has 6 heteroatoms. The SMILES string of the molecule is OCC(O[C@@H]1CCCCO1)c1ccc(C(F)(F)F)cc1. The highest BCUT2D eigenvalue weighted by Gasteiger charge is 2.30. The van der Waals surface area contributed by atoms with E-state index in [1.165, 1.54) is 12.1 Å². The molecule has 0 saturated carbocycles. The zero-order valence-electron chi connectivity index (χ0n) is 10.9. The van der Waals surface area contributed by atoms with E-state index in [1.807, 2.05) is 0 Å². The van der Waals surface area contributed by atoms with Crippen molar-refractivity contribution in [2.24, 2.45) is 0 Å². The van der Waals surface area contributed by atoms with Gasteiger partial charge in [0.05, 0.1) is 12.2 Å². The minimum Gasteiger partial charge on any atom is -0.393 e. The van der Waals surface area contributed by atoms with Crippen molar-refractivity contribution >= 4 is 0 Å². The molecule has 0 aliphatic carbocycles. The van der Waals surface area contributed by atoms with Crippen LogP contribution in [-0.2, 0) is 15.7 Å². The molecule has 1 aliphatic heterocycles. The van der Waals surface area contributed by atoms with E-state index < -0.39 is 24.1 Å². The Labute approximate surface area is 115 Å². The van der Waals surface area contributed by atoms with Crippen molar-refractivity contribution in [1.29, 1.82) is 0 Å². The van der Waals surface area contributed by atoms with Crippen LogP contribution in [0.15, 0.2) is 24.3 Å². The van der Waals surface area contributed by atoms with Crippen LogP contribution in [0.25, 0.3) is 0 Å². The Balaban J connectivity index is 2.03. The molecule has 0 amide bonds. The van der Waals surface area contributed by atoms with Gasteiger partial charge in [0.15, 0.2) is 6.29 Å². The predicted molar refractivity (Wildman–Crippen MR) is 65.9 cm³/mol. The molecule has 0 spiro atoms. The highest BCUT2D eigenvalue weighted by atomic mass is 19.4. The van der Waals surface area contributed by atoms with E-state index in [0.29, 0.717) is 12.2 Å². The summed E-state index contributed by atoms with van der Waals surface area (Å²) in [6.07, 6.45) is -2.74. The first-order valence-corrected chi connectivity index (χ1v) is 6.56. The number of hydrogen-bond donors (Lipinski definition) is 1. The van der Waals surface area contributed by atoms with Gasteiger partial charge in [-0.2, -0.15) is 13.2 Å². The maximum absolute atomic E-state index is 12.5. The first kappa shape index (κ1) is 15.3. The summed E-state index contributed by atoms with van der Waals surface area (Å²) in [5.41, 5.74) is -0.207. The second-order valence-corrected chi connectivity index (χ2v) is 4.72. The van der Waals surface area contributed by atoms with Crippen LogP contribution in [0, 0.1) is 0 Å². The number of hydrogen-bond acceptors (Lipinski definition) is 3. The van der Waals surface area contributed by atoms with E-state index >= 15 is 0 Å². The van der Waals surface area contributed by atoms with Gasteiger partial charge in [-0.3, -0.25) is 0 Å². The molecule has 1 N–H and O–H groups in total. The van der Waals surface area contributed by atoms with Crippen LogP contribution >= 0.6 is 0 Å². The van der Waals surface area contributed by atoms with Gasteiger partial charge >= 0.3 is 6.18 Å². The normalized spacial score (nSPS) is 21.7. The summed E-state index contributed by atoms with van der Waals surface area (Å²) in [6.45, 7) is 0.307. The summed E-state index contributed by atoms with van der Waals surface area (Å²) in [5.74, 6) is 0. The minimum atomic E-state index is -4.36. The molecule has 2 rings (SSSR count). The molecule has 2 atom stereocenters. The Hall–Kier alpha value is -1.11. The van der Waals surface area contributed by atoms with Crippen LogP contribution < -0.4 is 0 Å². The van der Waals surface area contributed by atoms with Gasteiger partial charge in [-0.15, -0.1) is 0 Å². The molecule has 1 fully saturated rings. The summed E-state index contributed by atoms with van der Waals surface area (Å²) >= 11 is 0. The molecule has 0 bridgehead atoms. The van der Waals surface area contributed by atoms with Crippen molar-refractivity contribution in [3.05, 3.63) is 35.4 Å². The van der Waals surface area contributed by atoms with E-state index in [-0.39, 0.29) is 6.61 Å². The van der Waals surface area contributed by atoms with Gasteiger partial charge in [-0.25, -0.2) is 0 Å². The molecule has 0 aromatic heterocycles. The smallest absolute Gasteiger partial charge is 0.393 e. The molecular weight excluding hydrogens is 273 g/mol. The van der Waals surface area contributed by atoms with E-state index in [9.17, 15) is 18.3 Å². The standard InChI is InChI=1S/C14H17F3O3/c15-14(16,17)11-6-4-10(5-7-11)12(9-18)20-13-3-1-2-8-19-13/h4-7,12-13,18H,1-3,8-9H2/t12?,13-/m1/s1. The lowest BCUT2D eigenvalue weighted by atomic mass is 10.1. The number of aliphatic hydroxyl groups is 1. The van der Waals surface area contributed by atoms with Crippen LogP contribution in [0.4, 0.5) is 13.2 Å². The van der Waals surface area contributed by atoms with Gasteiger partial charge in [0.25, 0.3) is 0 Å². The van der Waals surface area contributed by atoms with Gasteiger partial charge in [0, 0.05) is 6.61 Å². The minimum absolute atomic E-state index is 0.300. The lowest BCUT2D eigenvalue weighted by Crippen LogP contribution is -2.25. The number of halogens is 3. The summed E-state index contributed by atoms with van der Waals surface area (Å²) in [7, 11) is 0. The number of rotatable bonds is 4. The third kappa shape index (κ3) is 3.94. The molecule has 3 nitrogen and oxygen atoms in total. The Bertz CT molecular complexity index is 411. The molecular formula is C14H17F3O3. The van der Waals surface area contributed by atoms with Gasteiger partial charge in [-0.05, 0) is 37.0 Å². The maximum atomic E-state index is 12.5. The molecule has 1 aromatic carbocycles. The third-order valence-electron chi connectivity index (χ3n) is 3.23. The summed E-state index contributed by atoms with van der Waals surface area (Å²) in [6, 6.07) is 4.63. The second-order valence-electron chi connectivity index (χ2n) is 4.72. The Morgan fingerprint density at radius 2 is 1.95 bits per heavy atom. The van der Waals surface area contributed by atoms with Crippen molar-refractivity contribution in [2.75, 3.05) is 13.2 Å². The van der Waals surface area contributed by atoms with E-state index in [0.717, 1.165) is 31.4 Å². The first-order valence-electron chi connectivity index (χ1n) is 6.56. The van der Waals surface area contributed by atoms with Gasteiger partial charge in [0.1, 0.15) is 6.10 Å². The molecule has 1 aliphatic rings. The Kier molecular flexibility index (Phi) is 5.01. The van der Waals surface area contributed by atoms with Crippen molar-refractivity contribution in [3.63, 3.8) is 0 Å². The fourth-order valence-corrected chi connectivity index (χ4v) is 2.12. The van der Waals surface area contributed by atoms with E-state index in [4.69, 9.17) is 9.47 Å². The molecule has 1 saturated heterocycles. The number of ether oxygens (including phenoxy) is 2. The van der Waals surface area contributed by atoms with Crippen molar-refractivity contribution in [1.82, 2.24) is 0 Å². The highest BCUT2D eigenvalue weighted by molar-refractivity contribution is 5.26. The lowest BCUT2D eigenvalue weighted by molar-refractivity contribution is -0.196. The fourth-order valence-electron chi connectivity index (χ4n) is 2.12. The molecule has 0 radical (unpaired) electrons. The van der Waals surface area contributed by atoms with Crippen molar-refractivity contribution in [3.8, 4) is 0 Å². The number of alkyl halides is 3. The van der Waals surface area contributed by atoms with Gasteiger partial charge < -0.3 is 14.6 Å². The second kappa shape index (κ2) is 6.56. The monoisotopic (exact) mass is 290 g/mol. The molecule has 1 heterocycles. The largest absolute Gasteiger partial charge is 0.416 e. The Morgan fingerprint density at radius 1 is 1.25 bits per heavy atom. The fraction of sp³-hybridized carbons (Fsp3) is 0.571. The number of benzene rings is 1. The van der Waals surface area contributed by atoms with Crippen LogP contribution in [0.5, 0.6) is 0 Å². The van der Waals surface area contributed by atoms with E-state index in [2.05, 4.69) is 0 Å². The Morgan fingerprint density at radius 3 is 2.45 bits per heavy atom. The molecule has 1 unspecified atom stereocenters. The van der Waals surface area contributed by atoms with Crippen molar-refractivity contribution in [2.45, 2.75) is 37.8 Å². The van der Waals surface area contributed by atoms with Gasteiger partial charge in [-0.1, -0.05) is 12.1 Å². The molecule has 112 valence electrons. The zero-order chi connectivity index (χ0) is 14.6. The summed E-state index contributed by atoms with van der Waals surface area (Å²) in [4.78, 5) is 0. The van der Waals surface area contributed by atoms with Crippen molar-refractivity contribution < 1.29 is 27.8 Å². The average Bonchev–Trinajstić information content (AvgIpc) is 2.45. The zero-order valence-corrected chi connectivity index (χ0v) is 10.9. The predicted octanol–water partition coefficient (Wildman–Crippen LogP) is 3.28. The summed E-state index contributed by atoms with van der Waals surface area (Å²) in [5, 5.41) is 9.34. The highest BCUT2D eigenvalue weighted by Crippen LogP contribution is 2.31. The lowest BCUT2D eigenvalue weighted by Gasteiger charge is -2.27. The van der Waals surface area contributed by atoms with Crippen LogP contribution in [0.2, 0.25) is 0 Å². The van der Waals surface area contributed by atoms with Crippen LogP contribution in [0.3, 0.4) is 0 Å². The number of aliphatic hydroxyl groups excluding tert-OH is 1. The van der Waals surface area contributed by atoms with Gasteiger partial charge in [0.2, 0.25) is 0 Å². The molecule has 20 heavy (non-hydrogen) atoms.